The highest BCUT2D eigenvalue weighted by atomic mass is 16.5. The summed E-state index contributed by atoms with van der Waals surface area (Å²) >= 11 is 0. The molecule has 1 aromatic carbocycles. The minimum Gasteiger partial charge on any atom is -0.473 e. The normalized spacial score (nSPS) is 18.8. The largest absolute Gasteiger partial charge is 0.473 e. The lowest BCUT2D eigenvalue weighted by Gasteiger charge is -2.46. The van der Waals surface area contributed by atoms with Crippen molar-refractivity contribution in [1.29, 1.82) is 0 Å². The molecule has 27 heavy (non-hydrogen) atoms. The fraction of sp³-hybridized carbons (Fsp3) is 0.478. The first-order chi connectivity index (χ1) is 12.7. The molecule has 0 radical (unpaired) electrons. The molecular formula is C23H30N2O2. The van der Waals surface area contributed by atoms with Crippen molar-refractivity contribution < 1.29 is 9.53 Å². The zero-order valence-corrected chi connectivity index (χ0v) is 16.8. The first-order valence-corrected chi connectivity index (χ1v) is 9.68. The van der Waals surface area contributed by atoms with Gasteiger partial charge < -0.3 is 10.1 Å². The van der Waals surface area contributed by atoms with E-state index in [1.54, 1.807) is 6.20 Å². The second-order valence-corrected chi connectivity index (χ2v) is 8.95. The third-order valence-corrected chi connectivity index (χ3v) is 5.05. The van der Waals surface area contributed by atoms with Gasteiger partial charge in [-0.1, -0.05) is 30.3 Å². The van der Waals surface area contributed by atoms with Crippen molar-refractivity contribution in [2.75, 3.05) is 0 Å². The standard InChI is InChI=1S/C23H30N2O2/c1-22(2)14-18(15-23(3,4)25-22)13-20(26)19-10-8-17(9-11-19)16-27-21-7-5-6-12-24-21/h5-12,18,25H,13-16H2,1-4H3. The van der Waals surface area contributed by atoms with E-state index in [1.807, 2.05) is 42.5 Å². The third-order valence-electron chi connectivity index (χ3n) is 5.05. The van der Waals surface area contributed by atoms with Crippen LogP contribution in [0, 0.1) is 5.92 Å². The molecule has 0 amide bonds. The minimum absolute atomic E-state index is 0.0688. The number of aromatic nitrogens is 1. The number of nitrogens with one attached hydrogen (secondary N) is 1. The topological polar surface area (TPSA) is 51.2 Å². The van der Waals surface area contributed by atoms with Gasteiger partial charge in [-0.2, -0.15) is 0 Å². The molecule has 4 nitrogen and oxygen atoms in total. The average Bonchev–Trinajstić information content (AvgIpc) is 2.58. The van der Waals surface area contributed by atoms with Gasteiger partial charge in [-0.25, -0.2) is 4.98 Å². The van der Waals surface area contributed by atoms with Gasteiger partial charge in [-0.15, -0.1) is 0 Å². The maximum Gasteiger partial charge on any atom is 0.213 e. The lowest BCUT2D eigenvalue weighted by molar-refractivity contribution is 0.0864. The number of hydrogen-bond donors (Lipinski definition) is 1. The van der Waals surface area contributed by atoms with Gasteiger partial charge in [-0.3, -0.25) is 4.79 Å². The number of carbonyl (C=O) groups excluding carboxylic acids is 1. The third kappa shape index (κ3) is 5.64. The van der Waals surface area contributed by atoms with Crippen LogP contribution >= 0.6 is 0 Å². The van der Waals surface area contributed by atoms with Gasteiger partial charge in [0.05, 0.1) is 0 Å². The fourth-order valence-corrected chi connectivity index (χ4v) is 4.43. The zero-order chi connectivity index (χ0) is 19.5. The van der Waals surface area contributed by atoms with Crippen molar-refractivity contribution in [3.05, 3.63) is 59.8 Å². The lowest BCUT2D eigenvalue weighted by Crippen LogP contribution is -2.57. The number of pyridine rings is 1. The monoisotopic (exact) mass is 366 g/mol. The average molecular weight is 367 g/mol. The Kier molecular flexibility index (Phi) is 5.66. The number of nitrogens with zero attached hydrogens (tertiary/aromatic N) is 1. The number of ether oxygens (including phenoxy) is 1. The molecule has 1 saturated heterocycles. The SMILES string of the molecule is CC1(C)CC(CC(=O)c2ccc(COc3ccccn3)cc2)CC(C)(C)N1. The summed E-state index contributed by atoms with van der Waals surface area (Å²) in [6.45, 7) is 9.34. The van der Waals surface area contributed by atoms with Crippen LogP contribution in [0.5, 0.6) is 5.88 Å². The summed E-state index contributed by atoms with van der Waals surface area (Å²) in [5.41, 5.74) is 1.95. The molecule has 144 valence electrons. The summed E-state index contributed by atoms with van der Waals surface area (Å²) in [5, 5.41) is 3.68. The van der Waals surface area contributed by atoms with Crippen LogP contribution in [-0.2, 0) is 6.61 Å². The molecule has 1 aromatic heterocycles. The number of ketones is 1. The van der Waals surface area contributed by atoms with Crippen LogP contribution in [0.1, 0.15) is 62.9 Å². The van der Waals surface area contributed by atoms with Crippen LogP contribution in [0.15, 0.2) is 48.7 Å². The predicted molar refractivity (Wildman–Crippen MR) is 108 cm³/mol. The Labute approximate surface area is 162 Å². The Morgan fingerprint density at radius 3 is 2.33 bits per heavy atom. The van der Waals surface area contributed by atoms with Crippen LogP contribution in [-0.4, -0.2) is 21.8 Å². The van der Waals surface area contributed by atoms with Gasteiger partial charge in [0, 0.05) is 35.3 Å². The van der Waals surface area contributed by atoms with Crippen LogP contribution in [0.4, 0.5) is 0 Å². The highest BCUT2D eigenvalue weighted by Crippen LogP contribution is 2.35. The smallest absolute Gasteiger partial charge is 0.213 e. The van der Waals surface area contributed by atoms with E-state index in [0.29, 0.717) is 24.8 Å². The minimum atomic E-state index is 0.0688. The van der Waals surface area contributed by atoms with E-state index in [0.717, 1.165) is 24.0 Å². The molecular weight excluding hydrogens is 336 g/mol. The molecule has 2 heterocycles. The molecule has 0 aliphatic carbocycles. The van der Waals surface area contributed by atoms with E-state index in [1.165, 1.54) is 0 Å². The highest BCUT2D eigenvalue weighted by molar-refractivity contribution is 5.96. The van der Waals surface area contributed by atoms with E-state index in [2.05, 4.69) is 38.0 Å². The van der Waals surface area contributed by atoms with E-state index in [4.69, 9.17) is 4.74 Å². The maximum atomic E-state index is 12.8. The van der Waals surface area contributed by atoms with Crippen LogP contribution < -0.4 is 10.1 Å². The Morgan fingerprint density at radius 2 is 1.74 bits per heavy atom. The van der Waals surface area contributed by atoms with Crippen molar-refractivity contribution in [3.63, 3.8) is 0 Å². The van der Waals surface area contributed by atoms with Crippen molar-refractivity contribution in [2.45, 2.75) is 64.6 Å². The van der Waals surface area contributed by atoms with E-state index in [9.17, 15) is 4.79 Å². The Balaban J connectivity index is 1.57. The van der Waals surface area contributed by atoms with Gasteiger partial charge >= 0.3 is 0 Å². The van der Waals surface area contributed by atoms with E-state index < -0.39 is 0 Å². The van der Waals surface area contributed by atoms with Gasteiger partial charge in [0.2, 0.25) is 5.88 Å². The second-order valence-electron chi connectivity index (χ2n) is 8.95. The molecule has 3 rings (SSSR count). The molecule has 0 saturated carbocycles. The molecule has 1 fully saturated rings. The first kappa shape index (κ1) is 19.6. The summed E-state index contributed by atoms with van der Waals surface area (Å²) in [4.78, 5) is 16.9. The Bertz CT molecular complexity index is 751. The number of benzene rings is 1. The summed E-state index contributed by atoms with van der Waals surface area (Å²) in [6, 6.07) is 13.3. The van der Waals surface area contributed by atoms with Crippen molar-refractivity contribution in [1.82, 2.24) is 10.3 Å². The molecule has 1 aliphatic rings. The molecule has 1 N–H and O–H groups in total. The quantitative estimate of drug-likeness (QED) is 0.747. The van der Waals surface area contributed by atoms with Crippen molar-refractivity contribution >= 4 is 5.78 Å². The van der Waals surface area contributed by atoms with E-state index >= 15 is 0 Å². The zero-order valence-electron chi connectivity index (χ0n) is 16.8. The molecule has 0 spiro atoms. The molecule has 4 heteroatoms. The number of carbonyl (C=O) groups is 1. The Hall–Kier alpha value is -2.20. The number of rotatable bonds is 6. The fourth-order valence-electron chi connectivity index (χ4n) is 4.43. The second kappa shape index (κ2) is 7.81. The molecule has 0 bridgehead atoms. The summed E-state index contributed by atoms with van der Waals surface area (Å²) in [6.07, 6.45) is 4.37. The van der Waals surface area contributed by atoms with Gasteiger partial charge in [0.25, 0.3) is 0 Å². The van der Waals surface area contributed by atoms with Gasteiger partial charge in [-0.05, 0) is 58.1 Å². The number of hydrogen-bond acceptors (Lipinski definition) is 4. The van der Waals surface area contributed by atoms with Crippen LogP contribution in [0.3, 0.4) is 0 Å². The molecule has 1 aliphatic heterocycles. The van der Waals surface area contributed by atoms with Crippen LogP contribution in [0.25, 0.3) is 0 Å². The van der Waals surface area contributed by atoms with E-state index in [-0.39, 0.29) is 16.9 Å². The van der Waals surface area contributed by atoms with Crippen LogP contribution in [0.2, 0.25) is 0 Å². The lowest BCUT2D eigenvalue weighted by atomic mass is 9.74. The maximum absolute atomic E-state index is 12.8. The van der Waals surface area contributed by atoms with Crippen molar-refractivity contribution in [3.8, 4) is 5.88 Å². The predicted octanol–water partition coefficient (Wildman–Crippen LogP) is 4.79. The number of Topliss-reactive ketones (excluding diaryl/α,β-unsaturated/α-hetero) is 1. The van der Waals surface area contributed by atoms with Crippen molar-refractivity contribution in [2.24, 2.45) is 5.92 Å². The molecule has 0 atom stereocenters. The Morgan fingerprint density at radius 1 is 1.07 bits per heavy atom. The molecule has 0 unspecified atom stereocenters. The van der Waals surface area contributed by atoms with Gasteiger partial charge in [0.15, 0.2) is 5.78 Å². The summed E-state index contributed by atoms with van der Waals surface area (Å²) in [7, 11) is 0. The van der Waals surface area contributed by atoms with Gasteiger partial charge in [0.1, 0.15) is 6.61 Å². The summed E-state index contributed by atoms with van der Waals surface area (Å²) < 4.78 is 5.66. The number of piperidine rings is 1. The first-order valence-electron chi connectivity index (χ1n) is 9.68. The highest BCUT2D eigenvalue weighted by Gasteiger charge is 2.38. The summed E-state index contributed by atoms with van der Waals surface area (Å²) in [5.74, 6) is 1.25. The molecule has 2 aromatic rings.